The average molecular weight is 418 g/mol. The number of hydrogen-bond acceptors (Lipinski definition) is 7. The third-order valence-corrected chi connectivity index (χ3v) is 3.87. The van der Waals surface area contributed by atoms with E-state index >= 15 is 0 Å². The van der Waals surface area contributed by atoms with Crippen molar-refractivity contribution in [1.29, 1.82) is 0 Å². The zero-order valence-corrected chi connectivity index (χ0v) is 15.7. The second-order valence-corrected chi connectivity index (χ2v) is 5.89. The highest BCUT2D eigenvalue weighted by Crippen LogP contribution is 2.26. The lowest BCUT2D eigenvalue weighted by molar-refractivity contribution is 0.0949. The molecular formula is C19H17F3N6O2. The van der Waals surface area contributed by atoms with Crippen molar-refractivity contribution in [3.05, 3.63) is 65.6 Å². The van der Waals surface area contributed by atoms with Gasteiger partial charge >= 0.3 is 0 Å². The number of halogens is 3. The summed E-state index contributed by atoms with van der Waals surface area (Å²) in [6.45, 7) is 0.297. The number of hydrogen-bond donors (Lipinski definition) is 3. The summed E-state index contributed by atoms with van der Waals surface area (Å²) in [5.74, 6) is -4.45. The molecular weight excluding hydrogens is 401 g/mol. The Hall–Kier alpha value is -3.89. The number of benzene rings is 1. The van der Waals surface area contributed by atoms with E-state index in [1.165, 1.54) is 0 Å². The van der Waals surface area contributed by atoms with E-state index in [9.17, 15) is 18.0 Å². The van der Waals surface area contributed by atoms with Crippen LogP contribution in [-0.4, -0.2) is 41.3 Å². The summed E-state index contributed by atoms with van der Waals surface area (Å²) in [5, 5.41) is 16.3. The van der Waals surface area contributed by atoms with Gasteiger partial charge in [-0.15, -0.1) is 10.2 Å². The molecule has 2 heterocycles. The number of carbonyl (C=O) groups excluding carboxylic acids is 1. The lowest BCUT2D eigenvalue weighted by Gasteiger charge is -2.11. The molecule has 0 aliphatic carbocycles. The van der Waals surface area contributed by atoms with E-state index in [1.807, 2.05) is 6.07 Å². The van der Waals surface area contributed by atoms with Crippen LogP contribution < -0.4 is 20.7 Å². The summed E-state index contributed by atoms with van der Waals surface area (Å²) in [6, 6.07) is 9.23. The molecule has 11 heteroatoms. The SMILES string of the molecule is COc1c(F)c(F)cc(C(=O)NCCNc2ccc(Nc3ccccn3)nn2)c1F. The van der Waals surface area contributed by atoms with E-state index in [0.717, 1.165) is 7.11 Å². The molecule has 30 heavy (non-hydrogen) atoms. The first-order chi connectivity index (χ1) is 14.5. The zero-order chi connectivity index (χ0) is 21.5. The second-order valence-electron chi connectivity index (χ2n) is 5.89. The molecule has 0 bridgehead atoms. The van der Waals surface area contributed by atoms with E-state index < -0.39 is 34.7 Å². The normalized spacial score (nSPS) is 10.4. The first-order valence-electron chi connectivity index (χ1n) is 8.75. The Morgan fingerprint density at radius 1 is 1.00 bits per heavy atom. The molecule has 8 nitrogen and oxygen atoms in total. The Morgan fingerprint density at radius 3 is 2.43 bits per heavy atom. The van der Waals surface area contributed by atoms with Crippen LogP contribution in [0.15, 0.2) is 42.6 Å². The number of ether oxygens (including phenoxy) is 1. The van der Waals surface area contributed by atoms with Crippen LogP contribution in [0.3, 0.4) is 0 Å². The standard InChI is InChI=1S/C19H17F3N6O2/c1-30-18-16(21)11(10-12(20)17(18)22)19(29)25-9-8-24-14-5-6-15(28-27-14)26-13-4-2-3-7-23-13/h2-7,10H,8-9H2,1H3,(H,24,27)(H,25,29)(H,23,26,28). The summed E-state index contributed by atoms with van der Waals surface area (Å²) in [7, 11) is 0.977. The van der Waals surface area contributed by atoms with Crippen molar-refractivity contribution < 1.29 is 22.7 Å². The zero-order valence-electron chi connectivity index (χ0n) is 15.7. The third-order valence-electron chi connectivity index (χ3n) is 3.87. The molecule has 1 amide bonds. The smallest absolute Gasteiger partial charge is 0.254 e. The number of nitrogens with zero attached hydrogens (tertiary/aromatic N) is 3. The van der Waals surface area contributed by atoms with Gasteiger partial charge in [-0.2, -0.15) is 4.39 Å². The van der Waals surface area contributed by atoms with Crippen molar-refractivity contribution in [1.82, 2.24) is 20.5 Å². The minimum Gasteiger partial charge on any atom is -0.491 e. The van der Waals surface area contributed by atoms with Crippen LogP contribution in [0.2, 0.25) is 0 Å². The highest BCUT2D eigenvalue weighted by molar-refractivity contribution is 5.95. The molecule has 0 radical (unpaired) electrons. The van der Waals surface area contributed by atoms with E-state index in [2.05, 4.69) is 35.9 Å². The first kappa shape index (κ1) is 20.8. The molecule has 0 aliphatic heterocycles. The number of rotatable bonds is 8. The van der Waals surface area contributed by atoms with Crippen molar-refractivity contribution in [3.8, 4) is 5.75 Å². The minimum atomic E-state index is -1.49. The third kappa shape index (κ3) is 4.93. The maximum absolute atomic E-state index is 14.1. The number of pyridine rings is 1. The van der Waals surface area contributed by atoms with Crippen molar-refractivity contribution in [3.63, 3.8) is 0 Å². The van der Waals surface area contributed by atoms with Gasteiger partial charge in [0.05, 0.1) is 12.7 Å². The maximum atomic E-state index is 14.1. The summed E-state index contributed by atoms with van der Waals surface area (Å²) in [4.78, 5) is 16.2. The molecule has 0 unspecified atom stereocenters. The lowest BCUT2D eigenvalue weighted by atomic mass is 10.1. The number of methoxy groups -OCH3 is 1. The Bertz CT molecular complexity index is 1020. The Kier molecular flexibility index (Phi) is 6.63. The van der Waals surface area contributed by atoms with Crippen LogP contribution in [0, 0.1) is 17.5 Å². The van der Waals surface area contributed by atoms with Gasteiger partial charge in [0.15, 0.2) is 23.2 Å². The predicted octanol–water partition coefficient (Wildman–Crippen LogP) is 2.88. The largest absolute Gasteiger partial charge is 0.491 e. The van der Waals surface area contributed by atoms with E-state index in [1.54, 1.807) is 30.5 Å². The van der Waals surface area contributed by atoms with Crippen LogP contribution in [0.25, 0.3) is 0 Å². The fourth-order valence-electron chi connectivity index (χ4n) is 2.45. The molecule has 0 spiro atoms. The summed E-state index contributed by atoms with van der Waals surface area (Å²) < 4.78 is 45.5. The van der Waals surface area contributed by atoms with Crippen LogP contribution in [0.5, 0.6) is 5.75 Å². The van der Waals surface area contributed by atoms with Crippen molar-refractivity contribution in [2.45, 2.75) is 0 Å². The van der Waals surface area contributed by atoms with Gasteiger partial charge in [-0.3, -0.25) is 4.79 Å². The van der Waals surface area contributed by atoms with Crippen LogP contribution in [-0.2, 0) is 0 Å². The molecule has 1 aromatic carbocycles. The van der Waals surface area contributed by atoms with Gasteiger partial charge in [-0.05, 0) is 30.3 Å². The molecule has 3 rings (SSSR count). The van der Waals surface area contributed by atoms with Crippen molar-refractivity contribution in [2.24, 2.45) is 0 Å². The van der Waals surface area contributed by atoms with Gasteiger partial charge in [0.1, 0.15) is 11.6 Å². The Balaban J connectivity index is 1.50. The molecule has 3 N–H and O–H groups in total. The summed E-state index contributed by atoms with van der Waals surface area (Å²) in [6.07, 6.45) is 1.64. The molecule has 0 fully saturated rings. The number of anilines is 3. The van der Waals surface area contributed by atoms with Gasteiger partial charge in [0.25, 0.3) is 5.91 Å². The predicted molar refractivity (Wildman–Crippen MR) is 103 cm³/mol. The molecule has 156 valence electrons. The summed E-state index contributed by atoms with van der Waals surface area (Å²) >= 11 is 0. The lowest BCUT2D eigenvalue weighted by Crippen LogP contribution is -2.30. The van der Waals surface area contributed by atoms with Crippen molar-refractivity contribution >= 4 is 23.4 Å². The molecule has 0 aliphatic rings. The number of aromatic nitrogens is 3. The van der Waals surface area contributed by atoms with Gasteiger partial charge < -0.3 is 20.7 Å². The van der Waals surface area contributed by atoms with E-state index in [4.69, 9.17) is 0 Å². The minimum absolute atomic E-state index is 0.0647. The second kappa shape index (κ2) is 9.54. The summed E-state index contributed by atoms with van der Waals surface area (Å²) in [5.41, 5.74) is -0.657. The monoisotopic (exact) mass is 418 g/mol. The van der Waals surface area contributed by atoms with Crippen LogP contribution >= 0.6 is 0 Å². The Labute approximate surface area is 169 Å². The molecule has 0 atom stereocenters. The van der Waals surface area contributed by atoms with E-state index in [-0.39, 0.29) is 13.1 Å². The average Bonchev–Trinajstić information content (AvgIpc) is 2.76. The van der Waals surface area contributed by atoms with Crippen LogP contribution in [0.1, 0.15) is 10.4 Å². The van der Waals surface area contributed by atoms with E-state index in [0.29, 0.717) is 23.5 Å². The molecule has 2 aromatic heterocycles. The fourth-order valence-corrected chi connectivity index (χ4v) is 2.45. The van der Waals surface area contributed by atoms with Crippen LogP contribution in [0.4, 0.5) is 30.6 Å². The fraction of sp³-hybridized carbons (Fsp3) is 0.158. The highest BCUT2D eigenvalue weighted by Gasteiger charge is 2.23. The number of carbonyl (C=O) groups is 1. The number of amides is 1. The quantitative estimate of drug-likeness (QED) is 0.382. The molecule has 0 saturated carbocycles. The highest BCUT2D eigenvalue weighted by atomic mass is 19.2. The van der Waals surface area contributed by atoms with Gasteiger partial charge in [0, 0.05) is 19.3 Å². The number of nitrogens with one attached hydrogen (secondary N) is 3. The topological polar surface area (TPSA) is 101 Å². The van der Waals surface area contributed by atoms with Gasteiger partial charge in [-0.25, -0.2) is 13.8 Å². The molecule has 3 aromatic rings. The first-order valence-corrected chi connectivity index (χ1v) is 8.75. The van der Waals surface area contributed by atoms with Gasteiger partial charge in [0.2, 0.25) is 5.82 Å². The Morgan fingerprint density at radius 2 is 1.77 bits per heavy atom. The molecule has 0 saturated heterocycles. The maximum Gasteiger partial charge on any atom is 0.254 e. The van der Waals surface area contributed by atoms with Crippen molar-refractivity contribution in [2.75, 3.05) is 30.8 Å². The van der Waals surface area contributed by atoms with Gasteiger partial charge in [-0.1, -0.05) is 6.07 Å².